The van der Waals surface area contributed by atoms with Gasteiger partial charge in [0.1, 0.15) is 0 Å². The van der Waals surface area contributed by atoms with E-state index in [-0.39, 0.29) is 18.6 Å². The van der Waals surface area contributed by atoms with Gasteiger partial charge in [-0.3, -0.25) is 4.79 Å². The van der Waals surface area contributed by atoms with Crippen molar-refractivity contribution >= 4 is 25.8 Å². The molecular weight excluding hydrogens is 230 g/mol. The first-order valence-corrected chi connectivity index (χ1v) is 6.65. The first-order valence-electron chi connectivity index (χ1n) is 4.38. The fraction of sp³-hybridized carbons (Fsp3) is 0.857. The van der Waals surface area contributed by atoms with Gasteiger partial charge in [0.15, 0.2) is 0 Å². The molecule has 2 fully saturated rings. The van der Waals surface area contributed by atoms with E-state index in [4.69, 9.17) is 15.4 Å². The topological polar surface area (TPSA) is 63.7 Å². The SMILES string of the molecule is O=C1CC(C2CCCO2)N1S(=O)(=O)Cl. The Labute approximate surface area is 86.5 Å². The van der Waals surface area contributed by atoms with Crippen LogP contribution < -0.4 is 0 Å². The molecule has 2 aliphatic heterocycles. The Morgan fingerprint density at radius 3 is 2.64 bits per heavy atom. The third-order valence-corrected chi connectivity index (χ3v) is 3.95. The minimum absolute atomic E-state index is 0.166. The van der Waals surface area contributed by atoms with Crippen molar-refractivity contribution in [1.82, 2.24) is 4.31 Å². The lowest BCUT2D eigenvalue weighted by Crippen LogP contribution is -2.58. The lowest BCUT2D eigenvalue weighted by molar-refractivity contribution is -0.142. The second-order valence-corrected chi connectivity index (χ2v) is 5.84. The number of β-lactam (4-membered cyclic amide) rings is 1. The van der Waals surface area contributed by atoms with E-state index < -0.39 is 15.1 Å². The summed E-state index contributed by atoms with van der Waals surface area (Å²) >= 11 is 0. The molecule has 0 spiro atoms. The number of carbonyl (C=O) groups excluding carboxylic acids is 1. The molecule has 0 aliphatic carbocycles. The van der Waals surface area contributed by atoms with Gasteiger partial charge in [0.25, 0.3) is 0 Å². The molecule has 1 amide bonds. The van der Waals surface area contributed by atoms with Crippen molar-refractivity contribution in [3.05, 3.63) is 0 Å². The molecule has 14 heavy (non-hydrogen) atoms. The molecule has 2 saturated heterocycles. The Morgan fingerprint density at radius 1 is 1.50 bits per heavy atom. The minimum atomic E-state index is -3.93. The van der Waals surface area contributed by atoms with Crippen molar-refractivity contribution in [2.45, 2.75) is 31.4 Å². The van der Waals surface area contributed by atoms with Crippen molar-refractivity contribution < 1.29 is 17.9 Å². The second kappa shape index (κ2) is 3.36. The second-order valence-electron chi connectivity index (χ2n) is 3.45. The van der Waals surface area contributed by atoms with Crippen molar-refractivity contribution in [2.24, 2.45) is 0 Å². The molecule has 0 saturated carbocycles. The van der Waals surface area contributed by atoms with E-state index in [1.54, 1.807) is 0 Å². The number of rotatable bonds is 2. The Morgan fingerprint density at radius 2 is 2.21 bits per heavy atom. The molecular formula is C7H10ClNO4S. The molecule has 7 heteroatoms. The third kappa shape index (κ3) is 1.62. The standard InChI is InChI=1S/C7H10ClNO4S/c8-14(11,12)9-5(4-7(9)10)6-2-1-3-13-6/h5-6H,1-4H2. The first kappa shape index (κ1) is 10.2. The lowest BCUT2D eigenvalue weighted by atomic mass is 9.98. The van der Waals surface area contributed by atoms with Crippen LogP contribution >= 0.6 is 10.7 Å². The maximum absolute atomic E-state index is 11.1. The average molecular weight is 240 g/mol. The van der Waals surface area contributed by atoms with Crippen molar-refractivity contribution in [2.75, 3.05) is 6.61 Å². The molecule has 0 radical (unpaired) electrons. The average Bonchev–Trinajstić information content (AvgIpc) is 2.47. The van der Waals surface area contributed by atoms with E-state index in [0.717, 1.165) is 17.1 Å². The highest BCUT2D eigenvalue weighted by Gasteiger charge is 2.48. The lowest BCUT2D eigenvalue weighted by Gasteiger charge is -2.39. The summed E-state index contributed by atoms with van der Waals surface area (Å²) in [6, 6.07) is -0.382. The molecule has 2 unspecified atom stereocenters. The highest BCUT2D eigenvalue weighted by atomic mass is 35.7. The zero-order valence-corrected chi connectivity index (χ0v) is 8.92. The summed E-state index contributed by atoms with van der Waals surface area (Å²) in [5.41, 5.74) is 0. The summed E-state index contributed by atoms with van der Waals surface area (Å²) in [7, 11) is 1.20. The van der Waals surface area contributed by atoms with Crippen molar-refractivity contribution in [1.29, 1.82) is 0 Å². The fourth-order valence-corrected chi connectivity index (χ4v) is 3.29. The number of amides is 1. The third-order valence-electron chi connectivity index (χ3n) is 2.56. The van der Waals surface area contributed by atoms with Crippen molar-refractivity contribution in [3.63, 3.8) is 0 Å². The van der Waals surface area contributed by atoms with Crippen LogP contribution in [0.1, 0.15) is 19.3 Å². The summed E-state index contributed by atoms with van der Waals surface area (Å²) in [5, 5.41) is 0. The van der Waals surface area contributed by atoms with Crippen LogP contribution in [-0.2, 0) is 18.8 Å². The van der Waals surface area contributed by atoms with Crippen LogP contribution in [0.3, 0.4) is 0 Å². The summed E-state index contributed by atoms with van der Waals surface area (Å²) < 4.78 is 28.1. The van der Waals surface area contributed by atoms with Gasteiger partial charge in [-0.1, -0.05) is 0 Å². The molecule has 2 rings (SSSR count). The van der Waals surface area contributed by atoms with Crippen molar-refractivity contribution in [3.8, 4) is 0 Å². The Bertz CT molecular complexity index is 349. The van der Waals surface area contributed by atoms with Crippen LogP contribution in [0.15, 0.2) is 0 Å². The summed E-state index contributed by atoms with van der Waals surface area (Å²) in [6.45, 7) is 0.630. The molecule has 0 aromatic carbocycles. The maximum Gasteiger partial charge on any atom is 0.324 e. The van der Waals surface area contributed by atoms with Crippen LogP contribution in [0.5, 0.6) is 0 Å². The van der Waals surface area contributed by atoms with Gasteiger partial charge in [-0.05, 0) is 12.8 Å². The Balaban J connectivity index is 2.11. The van der Waals surface area contributed by atoms with Gasteiger partial charge in [-0.2, -0.15) is 8.42 Å². The van der Waals surface area contributed by atoms with Gasteiger partial charge in [-0.25, -0.2) is 4.31 Å². The number of ether oxygens (including phenoxy) is 1. The van der Waals surface area contributed by atoms with E-state index in [1.807, 2.05) is 0 Å². The highest BCUT2D eigenvalue weighted by Crippen LogP contribution is 2.32. The largest absolute Gasteiger partial charge is 0.376 e. The minimum Gasteiger partial charge on any atom is -0.376 e. The zero-order chi connectivity index (χ0) is 10.3. The van der Waals surface area contributed by atoms with Gasteiger partial charge in [0, 0.05) is 17.3 Å². The zero-order valence-electron chi connectivity index (χ0n) is 7.35. The molecule has 80 valence electrons. The van der Waals surface area contributed by atoms with Crippen LogP contribution in [0.25, 0.3) is 0 Å². The van der Waals surface area contributed by atoms with Gasteiger partial charge >= 0.3 is 9.24 Å². The van der Waals surface area contributed by atoms with Crippen LogP contribution in [0.2, 0.25) is 0 Å². The maximum atomic E-state index is 11.1. The Kier molecular flexibility index (Phi) is 2.45. The summed E-state index contributed by atoms with van der Waals surface area (Å²) in [5.74, 6) is -0.444. The predicted molar refractivity (Wildman–Crippen MR) is 49.0 cm³/mol. The number of carbonyl (C=O) groups is 1. The number of hydrogen-bond acceptors (Lipinski definition) is 4. The molecule has 5 nitrogen and oxygen atoms in total. The van der Waals surface area contributed by atoms with Gasteiger partial charge < -0.3 is 4.74 Å². The van der Waals surface area contributed by atoms with Gasteiger partial charge in [0.2, 0.25) is 5.91 Å². The molecule has 2 atom stereocenters. The molecule has 0 aromatic heterocycles. The fourth-order valence-electron chi connectivity index (χ4n) is 1.90. The number of nitrogens with zero attached hydrogens (tertiary/aromatic N) is 1. The van der Waals surface area contributed by atoms with Crippen LogP contribution in [-0.4, -0.2) is 37.4 Å². The summed E-state index contributed by atoms with van der Waals surface area (Å²) in [6.07, 6.45) is 1.75. The number of halogens is 1. The molecule has 0 aromatic rings. The van der Waals surface area contributed by atoms with Gasteiger partial charge in [-0.15, -0.1) is 0 Å². The van der Waals surface area contributed by atoms with Crippen LogP contribution in [0.4, 0.5) is 0 Å². The number of hydrogen-bond donors (Lipinski definition) is 0. The summed E-state index contributed by atoms with van der Waals surface area (Å²) in [4.78, 5) is 11.1. The molecule has 0 N–H and O–H groups in total. The smallest absolute Gasteiger partial charge is 0.324 e. The molecule has 0 bridgehead atoms. The van der Waals surface area contributed by atoms with Crippen LogP contribution in [0, 0.1) is 0 Å². The van der Waals surface area contributed by atoms with E-state index in [0.29, 0.717) is 6.61 Å². The Hall–Kier alpha value is -0.330. The highest BCUT2D eigenvalue weighted by molar-refractivity contribution is 8.12. The van der Waals surface area contributed by atoms with E-state index in [2.05, 4.69) is 0 Å². The first-order chi connectivity index (χ1) is 6.50. The molecule has 2 aliphatic rings. The predicted octanol–water partition coefficient (Wildman–Crippen LogP) is 0.250. The van der Waals surface area contributed by atoms with Gasteiger partial charge in [0.05, 0.1) is 18.6 Å². The normalized spacial score (nSPS) is 33.2. The van der Waals surface area contributed by atoms with E-state index in [9.17, 15) is 13.2 Å². The van der Waals surface area contributed by atoms with E-state index in [1.165, 1.54) is 0 Å². The quantitative estimate of drug-likeness (QED) is 0.512. The monoisotopic (exact) mass is 239 g/mol. The van der Waals surface area contributed by atoms with E-state index >= 15 is 0 Å². The molecule has 2 heterocycles.